The molecule has 1 rings (SSSR count). The van der Waals surface area contributed by atoms with Crippen LogP contribution in [0.4, 0.5) is 5.95 Å². The summed E-state index contributed by atoms with van der Waals surface area (Å²) in [6.07, 6.45) is 3.82. The maximum Gasteiger partial charge on any atom is 0.239 e. The number of hydrogen-bond donors (Lipinski definition) is 1. The van der Waals surface area contributed by atoms with E-state index >= 15 is 0 Å². The number of nitrogen functional groups attached to an aromatic ring is 1. The standard InChI is InChI=1S/C7H14N4/c1-3-6(4-2)11-5-9-7(8)10-11/h5-6H,3-4H2,1-2H3,(H2,8,10). The summed E-state index contributed by atoms with van der Waals surface area (Å²) in [5.74, 6) is 0.358. The molecule has 1 aromatic heterocycles. The molecule has 0 fully saturated rings. The second-order valence-electron chi connectivity index (χ2n) is 2.55. The van der Waals surface area contributed by atoms with Gasteiger partial charge < -0.3 is 5.73 Å². The summed E-state index contributed by atoms with van der Waals surface area (Å²) in [4.78, 5) is 3.86. The van der Waals surface area contributed by atoms with Crippen LogP contribution >= 0.6 is 0 Å². The number of nitrogens with two attached hydrogens (primary N) is 1. The van der Waals surface area contributed by atoms with E-state index < -0.39 is 0 Å². The van der Waals surface area contributed by atoms with Gasteiger partial charge in [-0.2, -0.15) is 0 Å². The molecule has 0 aliphatic rings. The van der Waals surface area contributed by atoms with Crippen LogP contribution in [0.5, 0.6) is 0 Å². The molecular weight excluding hydrogens is 140 g/mol. The fourth-order valence-electron chi connectivity index (χ4n) is 1.13. The van der Waals surface area contributed by atoms with Crippen molar-refractivity contribution >= 4 is 5.95 Å². The fourth-order valence-corrected chi connectivity index (χ4v) is 1.13. The molecule has 0 saturated carbocycles. The van der Waals surface area contributed by atoms with Gasteiger partial charge >= 0.3 is 0 Å². The van der Waals surface area contributed by atoms with E-state index in [2.05, 4.69) is 23.9 Å². The van der Waals surface area contributed by atoms with Gasteiger partial charge in [0, 0.05) is 0 Å². The summed E-state index contributed by atoms with van der Waals surface area (Å²) in [6, 6.07) is 0.444. The molecule has 0 atom stereocenters. The van der Waals surface area contributed by atoms with Crippen molar-refractivity contribution in [1.82, 2.24) is 14.8 Å². The van der Waals surface area contributed by atoms with Gasteiger partial charge in [0.05, 0.1) is 6.04 Å². The summed E-state index contributed by atoms with van der Waals surface area (Å²) in [7, 11) is 0. The molecule has 0 amide bonds. The molecular formula is C7H14N4. The zero-order valence-electron chi connectivity index (χ0n) is 6.99. The zero-order valence-corrected chi connectivity index (χ0v) is 6.99. The number of hydrogen-bond acceptors (Lipinski definition) is 3. The number of nitrogens with zero attached hydrogens (tertiary/aromatic N) is 3. The Morgan fingerprint density at radius 2 is 2.18 bits per heavy atom. The van der Waals surface area contributed by atoms with Crippen molar-refractivity contribution in [2.75, 3.05) is 5.73 Å². The zero-order chi connectivity index (χ0) is 8.27. The maximum absolute atomic E-state index is 5.38. The highest BCUT2D eigenvalue weighted by Crippen LogP contribution is 2.13. The van der Waals surface area contributed by atoms with Crippen LogP contribution in [0.1, 0.15) is 32.7 Å². The first-order chi connectivity index (χ1) is 5.27. The van der Waals surface area contributed by atoms with Crippen molar-refractivity contribution in [3.05, 3.63) is 6.33 Å². The van der Waals surface area contributed by atoms with Crippen molar-refractivity contribution in [1.29, 1.82) is 0 Å². The molecule has 0 saturated heterocycles. The Kier molecular flexibility index (Phi) is 2.46. The van der Waals surface area contributed by atoms with Crippen molar-refractivity contribution < 1.29 is 0 Å². The quantitative estimate of drug-likeness (QED) is 0.712. The van der Waals surface area contributed by atoms with E-state index in [1.54, 1.807) is 6.33 Å². The SMILES string of the molecule is CCC(CC)n1cnc(N)n1. The summed E-state index contributed by atoms with van der Waals surface area (Å²) >= 11 is 0. The Morgan fingerprint density at radius 1 is 1.55 bits per heavy atom. The van der Waals surface area contributed by atoms with Crippen LogP contribution < -0.4 is 5.73 Å². The van der Waals surface area contributed by atoms with E-state index in [0.29, 0.717) is 12.0 Å². The summed E-state index contributed by atoms with van der Waals surface area (Å²) in [5.41, 5.74) is 5.38. The van der Waals surface area contributed by atoms with E-state index in [0.717, 1.165) is 12.8 Å². The third-order valence-electron chi connectivity index (χ3n) is 1.84. The molecule has 4 heteroatoms. The number of anilines is 1. The van der Waals surface area contributed by atoms with Gasteiger partial charge in [0.2, 0.25) is 5.95 Å². The summed E-state index contributed by atoms with van der Waals surface area (Å²) in [5, 5.41) is 4.04. The van der Waals surface area contributed by atoms with Crippen LogP contribution in [0.25, 0.3) is 0 Å². The molecule has 0 aliphatic carbocycles. The van der Waals surface area contributed by atoms with Gasteiger partial charge in [-0.3, -0.25) is 0 Å². The highest BCUT2D eigenvalue weighted by Gasteiger charge is 2.06. The van der Waals surface area contributed by atoms with Crippen molar-refractivity contribution in [3.8, 4) is 0 Å². The van der Waals surface area contributed by atoms with Crippen LogP contribution in [-0.2, 0) is 0 Å². The topological polar surface area (TPSA) is 56.7 Å². The molecule has 1 heterocycles. The van der Waals surface area contributed by atoms with Crippen molar-refractivity contribution in [2.45, 2.75) is 32.7 Å². The van der Waals surface area contributed by atoms with E-state index in [1.807, 2.05) is 4.68 Å². The Bertz CT molecular complexity index is 214. The van der Waals surface area contributed by atoms with Crippen molar-refractivity contribution in [2.24, 2.45) is 0 Å². The summed E-state index contributed by atoms with van der Waals surface area (Å²) in [6.45, 7) is 4.26. The molecule has 2 N–H and O–H groups in total. The highest BCUT2D eigenvalue weighted by molar-refractivity contribution is 5.09. The maximum atomic E-state index is 5.38. The monoisotopic (exact) mass is 154 g/mol. The van der Waals surface area contributed by atoms with Gasteiger partial charge in [-0.05, 0) is 12.8 Å². The van der Waals surface area contributed by atoms with E-state index in [9.17, 15) is 0 Å². The Balaban J connectivity index is 2.73. The Labute approximate surface area is 66.4 Å². The summed E-state index contributed by atoms with van der Waals surface area (Å²) < 4.78 is 1.83. The lowest BCUT2D eigenvalue weighted by Gasteiger charge is -2.10. The average Bonchev–Trinajstić information content (AvgIpc) is 2.39. The lowest BCUT2D eigenvalue weighted by Crippen LogP contribution is -2.07. The second-order valence-corrected chi connectivity index (χ2v) is 2.55. The normalized spacial score (nSPS) is 10.8. The number of rotatable bonds is 3. The minimum absolute atomic E-state index is 0.358. The average molecular weight is 154 g/mol. The van der Waals surface area contributed by atoms with Gasteiger partial charge in [0.15, 0.2) is 0 Å². The molecule has 0 unspecified atom stereocenters. The highest BCUT2D eigenvalue weighted by atomic mass is 15.4. The van der Waals surface area contributed by atoms with Gasteiger partial charge in [0.1, 0.15) is 6.33 Å². The van der Waals surface area contributed by atoms with Crippen LogP contribution in [-0.4, -0.2) is 14.8 Å². The molecule has 1 aromatic rings. The molecule has 11 heavy (non-hydrogen) atoms. The van der Waals surface area contributed by atoms with E-state index in [-0.39, 0.29) is 0 Å². The molecule has 0 radical (unpaired) electrons. The Morgan fingerprint density at radius 3 is 2.55 bits per heavy atom. The smallest absolute Gasteiger partial charge is 0.239 e. The van der Waals surface area contributed by atoms with E-state index in [1.165, 1.54) is 0 Å². The molecule has 0 aromatic carbocycles. The number of aromatic nitrogens is 3. The van der Waals surface area contributed by atoms with Gasteiger partial charge in [-0.1, -0.05) is 13.8 Å². The van der Waals surface area contributed by atoms with Gasteiger partial charge in [-0.15, -0.1) is 5.10 Å². The largest absolute Gasteiger partial charge is 0.367 e. The predicted octanol–water partition coefficient (Wildman–Crippen LogP) is 1.22. The first kappa shape index (κ1) is 8.04. The minimum atomic E-state index is 0.358. The second kappa shape index (κ2) is 3.37. The lowest BCUT2D eigenvalue weighted by molar-refractivity contribution is 0.428. The Hall–Kier alpha value is -1.06. The third-order valence-corrected chi connectivity index (χ3v) is 1.84. The first-order valence-corrected chi connectivity index (χ1v) is 3.94. The van der Waals surface area contributed by atoms with Crippen LogP contribution in [0.3, 0.4) is 0 Å². The molecule has 4 nitrogen and oxygen atoms in total. The predicted molar refractivity (Wildman–Crippen MR) is 44.1 cm³/mol. The molecule has 0 spiro atoms. The lowest BCUT2D eigenvalue weighted by atomic mass is 10.2. The molecule has 0 bridgehead atoms. The van der Waals surface area contributed by atoms with Gasteiger partial charge in [-0.25, -0.2) is 9.67 Å². The van der Waals surface area contributed by atoms with Crippen LogP contribution in [0, 0.1) is 0 Å². The fraction of sp³-hybridized carbons (Fsp3) is 0.714. The minimum Gasteiger partial charge on any atom is -0.367 e. The van der Waals surface area contributed by atoms with Crippen molar-refractivity contribution in [3.63, 3.8) is 0 Å². The van der Waals surface area contributed by atoms with Crippen LogP contribution in [0.2, 0.25) is 0 Å². The first-order valence-electron chi connectivity index (χ1n) is 3.94. The van der Waals surface area contributed by atoms with Crippen LogP contribution in [0.15, 0.2) is 6.33 Å². The molecule has 62 valence electrons. The third kappa shape index (κ3) is 1.69. The van der Waals surface area contributed by atoms with Gasteiger partial charge in [0.25, 0.3) is 0 Å². The van der Waals surface area contributed by atoms with E-state index in [4.69, 9.17) is 5.73 Å². The molecule has 0 aliphatic heterocycles.